The van der Waals surface area contributed by atoms with Crippen molar-refractivity contribution in [2.24, 2.45) is 11.8 Å². The number of carbonyl (C=O) groups is 12. The van der Waals surface area contributed by atoms with E-state index in [4.69, 9.17) is 25.5 Å². The van der Waals surface area contributed by atoms with Crippen molar-refractivity contribution in [3.05, 3.63) is 23.8 Å². The van der Waals surface area contributed by atoms with Crippen LogP contribution in [-0.4, -0.2) is 147 Å². The molecule has 0 aliphatic carbocycles. The van der Waals surface area contributed by atoms with Crippen LogP contribution in [0.25, 0.3) is 0 Å². The van der Waals surface area contributed by atoms with Crippen molar-refractivity contribution in [3.63, 3.8) is 0 Å². The molecule has 0 heterocycles. The fraction of sp³-hybridized carbons (Fsp3) is 0.514. The Bertz CT molecular complexity index is 2020. The van der Waals surface area contributed by atoms with Gasteiger partial charge in [0.2, 0.25) is 39.6 Å². The first-order valence-corrected chi connectivity index (χ1v) is 20.4. The molecule has 0 bridgehead atoms. The topological polar surface area (TPSA) is 433 Å². The van der Waals surface area contributed by atoms with Gasteiger partial charge in [-0.15, -0.1) is 0 Å². The molecule has 0 unspecified atom stereocenters. The third kappa shape index (κ3) is 21.2. The minimum absolute atomic E-state index is 0.177. The smallest absolute Gasteiger partial charge is 0.339 e. The van der Waals surface area contributed by atoms with Crippen molar-refractivity contribution in [2.45, 2.75) is 114 Å². The number of aromatic carboxylic acids is 1. The summed E-state index contributed by atoms with van der Waals surface area (Å²) in [6.45, 7) is 7.38. The number of rotatable bonds is 27. The summed E-state index contributed by atoms with van der Waals surface area (Å²) in [5.74, 6) is -12.7. The van der Waals surface area contributed by atoms with Gasteiger partial charge in [-0.1, -0.05) is 27.7 Å². The molecule has 5 amide bonds. The van der Waals surface area contributed by atoms with Gasteiger partial charge in [0, 0.05) is 19.8 Å². The zero-order chi connectivity index (χ0) is 49.6. The molecule has 0 saturated carbocycles. The van der Waals surface area contributed by atoms with Crippen LogP contribution in [0.3, 0.4) is 0 Å². The zero-order valence-electron chi connectivity index (χ0n) is 35.1. The monoisotopic (exact) mass is 932 g/mol. The summed E-state index contributed by atoms with van der Waals surface area (Å²) < 4.78 is 27.6. The molecule has 12 N–H and O–H groups in total. The Morgan fingerprint density at radius 1 is 0.594 bits per heavy atom. The SMILES string of the molecule is CC(=O)N[C@@H](CCC(=O)O)C(=O)N[C@H](C(=O)N[C@H](C=O)CC(=O)O)C(C)C.CC(C)[C@H](NC(=O)[C@H](CCC(=O)O)NS(=O)(=O)c1ccc(O)c(C(=O)O)c1)C(=O)N[C@H](C=O)CC(=O)O. The number of carbonyl (C=O) groups excluding carboxylic acids is 7. The van der Waals surface area contributed by atoms with E-state index in [1.54, 1.807) is 13.8 Å². The molecule has 0 fully saturated rings. The minimum atomic E-state index is -4.63. The number of nitrogens with one attached hydrogen (secondary N) is 6. The number of aliphatic carboxylic acids is 4. The van der Waals surface area contributed by atoms with Gasteiger partial charge >= 0.3 is 29.8 Å². The van der Waals surface area contributed by atoms with E-state index in [9.17, 15) is 71.1 Å². The van der Waals surface area contributed by atoms with E-state index < -0.39 is 159 Å². The van der Waals surface area contributed by atoms with E-state index in [0.717, 1.165) is 19.1 Å². The van der Waals surface area contributed by atoms with E-state index in [1.807, 2.05) is 4.72 Å². The molecule has 6 atom stereocenters. The first kappa shape index (κ1) is 57.0. The molecule has 0 aliphatic heterocycles. The van der Waals surface area contributed by atoms with E-state index in [0.29, 0.717) is 6.07 Å². The van der Waals surface area contributed by atoms with Crippen molar-refractivity contribution >= 4 is 82.0 Å². The van der Waals surface area contributed by atoms with Crippen molar-refractivity contribution in [1.82, 2.24) is 31.3 Å². The second-order valence-corrected chi connectivity index (χ2v) is 16.1. The normalized spacial score (nSPS) is 13.7. The van der Waals surface area contributed by atoms with Gasteiger partial charge in [0.15, 0.2) is 0 Å². The highest BCUT2D eigenvalue weighted by Gasteiger charge is 2.33. The quantitative estimate of drug-likeness (QED) is 0.0408. The summed E-state index contributed by atoms with van der Waals surface area (Å²) in [5.41, 5.74) is -0.739. The number of benzene rings is 1. The second kappa shape index (κ2) is 27.1. The van der Waals surface area contributed by atoms with Gasteiger partial charge in [0.25, 0.3) is 0 Å². The van der Waals surface area contributed by atoms with Crippen LogP contribution in [0, 0.1) is 11.8 Å². The maximum absolute atomic E-state index is 12.9. The molecular weight excluding hydrogens is 880 g/mol. The van der Waals surface area contributed by atoms with Crippen molar-refractivity contribution in [2.75, 3.05) is 0 Å². The van der Waals surface area contributed by atoms with Crippen LogP contribution in [0.4, 0.5) is 0 Å². The lowest BCUT2D eigenvalue weighted by molar-refractivity contribution is -0.140. The Morgan fingerprint density at radius 3 is 1.34 bits per heavy atom. The standard InChI is InChI=1S/C21H27N3O12S.C16H25N3O8/c1-10(2)18(20(32)22-11(9-25)7-17(29)30)23-19(31)14(4-6-16(27)28)24-37(35,36)12-3-5-15(26)13(8-12)21(33)34;1-8(2)14(16(27)18-10(7-20)6-13(24)25)19-15(26)11(17-9(3)21)4-5-12(22)23/h3,5,8-11,14,18,24,26H,4,6-7H2,1-2H3,(H,22,32)(H,23,31)(H,27,28)(H,29,30)(H,33,34);7-8,10-11,14H,4-6H2,1-3H3,(H,17,21)(H,18,27)(H,19,26)(H,22,23)(H,24,25)/t11-,14-,18-;10-,11-,14-/m00/s1. The Kier molecular flexibility index (Phi) is 24.1. The lowest BCUT2D eigenvalue weighted by atomic mass is 10.0. The van der Waals surface area contributed by atoms with Crippen molar-refractivity contribution in [3.8, 4) is 5.75 Å². The van der Waals surface area contributed by atoms with E-state index in [1.165, 1.54) is 13.8 Å². The highest BCUT2D eigenvalue weighted by atomic mass is 32.2. The van der Waals surface area contributed by atoms with Crippen LogP contribution in [0.1, 0.15) is 83.5 Å². The van der Waals surface area contributed by atoms with E-state index in [-0.39, 0.29) is 25.4 Å². The number of carboxylic acid groups (broad SMARTS) is 5. The Morgan fingerprint density at radius 2 is 1.00 bits per heavy atom. The molecule has 1 aromatic rings. The average molecular weight is 933 g/mol. The van der Waals surface area contributed by atoms with Crippen molar-refractivity contribution < 1.29 is 96.6 Å². The van der Waals surface area contributed by atoms with Crippen LogP contribution in [0.15, 0.2) is 23.1 Å². The molecule has 1 rings (SSSR count). The molecule has 27 heteroatoms. The zero-order valence-corrected chi connectivity index (χ0v) is 35.9. The maximum Gasteiger partial charge on any atom is 0.339 e. The molecule has 0 radical (unpaired) electrons. The number of hydrogen-bond donors (Lipinski definition) is 12. The molecule has 64 heavy (non-hydrogen) atoms. The van der Waals surface area contributed by atoms with Crippen molar-refractivity contribution in [1.29, 1.82) is 0 Å². The van der Waals surface area contributed by atoms with Crippen LogP contribution in [-0.2, 0) is 62.8 Å². The van der Waals surface area contributed by atoms with Gasteiger partial charge in [0.1, 0.15) is 48.1 Å². The van der Waals surface area contributed by atoms with Crippen LogP contribution in [0.2, 0.25) is 0 Å². The molecule has 1 aromatic carbocycles. The highest BCUT2D eigenvalue weighted by molar-refractivity contribution is 7.89. The minimum Gasteiger partial charge on any atom is -0.507 e. The Labute approximate surface area is 365 Å². The average Bonchev–Trinajstić information content (AvgIpc) is 3.17. The molecule has 0 saturated heterocycles. The molecule has 356 valence electrons. The first-order valence-electron chi connectivity index (χ1n) is 18.9. The fourth-order valence-electron chi connectivity index (χ4n) is 5.17. The van der Waals surface area contributed by atoms with Gasteiger partial charge in [-0.25, -0.2) is 13.2 Å². The molecule has 0 aromatic heterocycles. The Hall–Kier alpha value is -7.03. The number of carboxylic acids is 5. The van der Waals surface area contributed by atoms with Crippen LogP contribution < -0.4 is 31.3 Å². The third-order valence-corrected chi connectivity index (χ3v) is 9.85. The van der Waals surface area contributed by atoms with Crippen LogP contribution >= 0.6 is 0 Å². The number of aldehydes is 2. The van der Waals surface area contributed by atoms with Gasteiger partial charge in [-0.3, -0.25) is 43.2 Å². The summed E-state index contributed by atoms with van der Waals surface area (Å²) in [5, 5.41) is 65.4. The third-order valence-electron chi connectivity index (χ3n) is 8.38. The number of sulfonamides is 1. The predicted octanol–water partition coefficient (Wildman–Crippen LogP) is -2.44. The maximum atomic E-state index is 12.9. The summed E-state index contributed by atoms with van der Waals surface area (Å²) in [7, 11) is -4.63. The fourth-order valence-corrected chi connectivity index (χ4v) is 6.42. The van der Waals surface area contributed by atoms with Gasteiger partial charge in [-0.2, -0.15) is 4.72 Å². The summed E-state index contributed by atoms with van der Waals surface area (Å²) in [6, 6.07) is -5.73. The van der Waals surface area contributed by atoms with Gasteiger partial charge < -0.3 is 66.8 Å². The largest absolute Gasteiger partial charge is 0.507 e. The van der Waals surface area contributed by atoms with Crippen LogP contribution in [0.5, 0.6) is 5.75 Å². The summed E-state index contributed by atoms with van der Waals surface area (Å²) in [4.78, 5) is 137. The Balaban J connectivity index is 0.00000131. The lowest BCUT2D eigenvalue weighted by Gasteiger charge is -2.26. The first-order chi connectivity index (χ1) is 29.6. The lowest BCUT2D eigenvalue weighted by Crippen LogP contribution is -2.57. The molecular formula is C37H52N6O20S. The number of aromatic hydroxyl groups is 1. The number of phenols is 1. The number of amides is 5. The van der Waals surface area contributed by atoms with Gasteiger partial charge in [0.05, 0.1) is 29.8 Å². The molecule has 0 aliphatic rings. The summed E-state index contributed by atoms with van der Waals surface area (Å²) in [6.07, 6.45) is -2.64. The highest BCUT2D eigenvalue weighted by Crippen LogP contribution is 2.22. The van der Waals surface area contributed by atoms with E-state index >= 15 is 0 Å². The van der Waals surface area contributed by atoms with E-state index in [2.05, 4.69) is 26.6 Å². The number of hydrogen-bond acceptors (Lipinski definition) is 15. The molecule has 0 spiro atoms. The van der Waals surface area contributed by atoms with Gasteiger partial charge in [-0.05, 0) is 42.9 Å². The predicted molar refractivity (Wildman–Crippen MR) is 215 cm³/mol. The molecule has 26 nitrogen and oxygen atoms in total. The summed E-state index contributed by atoms with van der Waals surface area (Å²) >= 11 is 0. The second-order valence-electron chi connectivity index (χ2n) is 14.4.